The Morgan fingerprint density at radius 2 is 1.88 bits per heavy atom. The Morgan fingerprint density at radius 3 is 2.68 bits per heavy atom. The number of aromatic hydroxyl groups is 1. The van der Waals surface area contributed by atoms with E-state index >= 15 is 0 Å². The second-order valence-electron chi connectivity index (χ2n) is 6.23. The number of benzene rings is 2. The molecular formula is C19H18N4O2. The van der Waals surface area contributed by atoms with E-state index in [-0.39, 0.29) is 17.4 Å². The number of hydrazone groups is 2. The molecule has 1 amide bonds. The van der Waals surface area contributed by atoms with Gasteiger partial charge in [-0.15, -0.1) is 0 Å². The largest absolute Gasteiger partial charge is 0.508 e. The van der Waals surface area contributed by atoms with E-state index in [1.807, 2.05) is 12.1 Å². The van der Waals surface area contributed by atoms with Gasteiger partial charge < -0.3 is 5.11 Å². The van der Waals surface area contributed by atoms with Gasteiger partial charge in [-0.3, -0.25) is 10.2 Å². The molecule has 0 saturated carbocycles. The average Bonchev–Trinajstić information content (AvgIpc) is 3.19. The van der Waals surface area contributed by atoms with Crippen LogP contribution in [-0.4, -0.2) is 22.4 Å². The van der Waals surface area contributed by atoms with Crippen molar-refractivity contribution in [2.45, 2.75) is 26.2 Å². The maximum atomic E-state index is 12.7. The molecule has 6 nitrogen and oxygen atoms in total. The highest BCUT2D eigenvalue weighted by Crippen LogP contribution is 2.28. The molecule has 0 bridgehead atoms. The zero-order chi connectivity index (χ0) is 17.4. The Hall–Kier alpha value is -3.15. The predicted octanol–water partition coefficient (Wildman–Crippen LogP) is 3.07. The first-order chi connectivity index (χ1) is 12.1. The van der Waals surface area contributed by atoms with E-state index in [9.17, 15) is 9.90 Å². The number of carbonyl (C=O) groups excluding carboxylic acids is 1. The lowest BCUT2D eigenvalue weighted by Gasteiger charge is -2.13. The van der Waals surface area contributed by atoms with Gasteiger partial charge in [-0.2, -0.15) is 15.2 Å². The fraction of sp³-hybridized carbons (Fsp3) is 0.211. The standard InChI is InChI=1S/C19H18N4O2/c1-12-18(21-20-15-6-9-17(24)10-7-15)19(25)23(22-12)16-8-5-13-3-2-4-14(13)11-16/h5-11,20,24H,2-4H2,1H3/b21-18+. The first-order valence-corrected chi connectivity index (χ1v) is 8.26. The molecule has 1 aliphatic carbocycles. The number of fused-ring (bicyclic) bond motifs is 1. The molecule has 0 radical (unpaired) electrons. The van der Waals surface area contributed by atoms with Crippen LogP contribution in [0.2, 0.25) is 0 Å². The summed E-state index contributed by atoms with van der Waals surface area (Å²) in [6.45, 7) is 1.77. The summed E-state index contributed by atoms with van der Waals surface area (Å²) in [5.74, 6) is -0.0719. The fourth-order valence-corrected chi connectivity index (χ4v) is 3.15. The second-order valence-corrected chi connectivity index (χ2v) is 6.23. The topological polar surface area (TPSA) is 77.3 Å². The molecule has 0 fully saturated rings. The van der Waals surface area contributed by atoms with Gasteiger partial charge in [0.2, 0.25) is 0 Å². The van der Waals surface area contributed by atoms with Gasteiger partial charge in [-0.05, 0) is 73.7 Å². The van der Waals surface area contributed by atoms with Gasteiger partial charge in [0.25, 0.3) is 0 Å². The summed E-state index contributed by atoms with van der Waals surface area (Å²) in [5, 5.41) is 19.3. The quantitative estimate of drug-likeness (QED) is 0.669. The molecule has 2 aromatic rings. The van der Waals surface area contributed by atoms with Gasteiger partial charge in [0, 0.05) is 0 Å². The number of nitrogens with zero attached hydrogens (tertiary/aromatic N) is 3. The van der Waals surface area contributed by atoms with Crippen LogP contribution in [0.1, 0.15) is 24.5 Å². The second kappa shape index (κ2) is 6.05. The third kappa shape index (κ3) is 2.87. The number of amides is 1. The highest BCUT2D eigenvalue weighted by Gasteiger charge is 2.31. The molecule has 2 N–H and O–H groups in total. The van der Waals surface area contributed by atoms with E-state index in [2.05, 4.69) is 21.7 Å². The van der Waals surface area contributed by atoms with Crippen LogP contribution in [0.25, 0.3) is 0 Å². The summed E-state index contributed by atoms with van der Waals surface area (Å²) in [4.78, 5) is 12.7. The summed E-state index contributed by atoms with van der Waals surface area (Å²) in [5.41, 5.74) is 7.81. The third-order valence-corrected chi connectivity index (χ3v) is 4.48. The normalized spacial score (nSPS) is 17.8. The molecule has 6 heteroatoms. The number of hydrogen-bond donors (Lipinski definition) is 2. The smallest absolute Gasteiger partial charge is 0.301 e. The number of aryl methyl sites for hydroxylation is 2. The van der Waals surface area contributed by atoms with Gasteiger partial charge in [0.1, 0.15) is 5.75 Å². The summed E-state index contributed by atoms with van der Waals surface area (Å²) in [6, 6.07) is 12.5. The number of rotatable bonds is 3. The summed E-state index contributed by atoms with van der Waals surface area (Å²) >= 11 is 0. The van der Waals surface area contributed by atoms with Crippen molar-refractivity contribution in [3.63, 3.8) is 0 Å². The number of carbonyl (C=O) groups is 1. The highest BCUT2D eigenvalue weighted by atomic mass is 16.3. The molecule has 126 valence electrons. The maximum absolute atomic E-state index is 12.7. The van der Waals surface area contributed by atoms with Crippen LogP contribution in [0.3, 0.4) is 0 Å². The zero-order valence-corrected chi connectivity index (χ0v) is 13.9. The van der Waals surface area contributed by atoms with Crippen LogP contribution in [-0.2, 0) is 17.6 Å². The minimum atomic E-state index is -0.248. The Labute approximate surface area is 145 Å². The van der Waals surface area contributed by atoms with Crippen LogP contribution >= 0.6 is 0 Å². The van der Waals surface area contributed by atoms with Crippen LogP contribution in [0, 0.1) is 0 Å². The van der Waals surface area contributed by atoms with E-state index < -0.39 is 0 Å². The van der Waals surface area contributed by atoms with E-state index in [0.717, 1.165) is 24.9 Å². The molecule has 1 aliphatic heterocycles. The first-order valence-electron chi connectivity index (χ1n) is 8.26. The Balaban J connectivity index is 1.56. The van der Waals surface area contributed by atoms with Crippen molar-refractivity contribution in [2.24, 2.45) is 10.2 Å². The van der Waals surface area contributed by atoms with Gasteiger partial charge in [0.15, 0.2) is 5.71 Å². The van der Waals surface area contributed by atoms with E-state index in [1.54, 1.807) is 31.2 Å². The molecule has 2 aliphatic rings. The molecule has 0 spiro atoms. The molecule has 0 saturated heterocycles. The van der Waals surface area contributed by atoms with Crippen molar-refractivity contribution in [3.8, 4) is 5.75 Å². The van der Waals surface area contributed by atoms with E-state index in [0.29, 0.717) is 11.4 Å². The van der Waals surface area contributed by atoms with Crippen LogP contribution in [0.4, 0.5) is 11.4 Å². The minimum absolute atomic E-state index is 0.177. The summed E-state index contributed by atoms with van der Waals surface area (Å²) < 4.78 is 0. The summed E-state index contributed by atoms with van der Waals surface area (Å²) in [7, 11) is 0. The minimum Gasteiger partial charge on any atom is -0.508 e. The maximum Gasteiger partial charge on any atom is 0.301 e. The Bertz CT molecular complexity index is 900. The number of phenolic OH excluding ortho intramolecular Hbond substituents is 1. The monoisotopic (exact) mass is 334 g/mol. The Kier molecular flexibility index (Phi) is 3.72. The number of anilines is 2. The average molecular weight is 334 g/mol. The van der Waals surface area contributed by atoms with Gasteiger partial charge in [0.05, 0.1) is 17.1 Å². The number of phenols is 1. The highest BCUT2D eigenvalue weighted by molar-refractivity contribution is 6.71. The summed E-state index contributed by atoms with van der Waals surface area (Å²) in [6.07, 6.45) is 3.32. The molecule has 0 unspecified atom stereocenters. The van der Waals surface area contributed by atoms with Crippen LogP contribution < -0.4 is 10.4 Å². The van der Waals surface area contributed by atoms with Crippen molar-refractivity contribution in [3.05, 3.63) is 53.6 Å². The van der Waals surface area contributed by atoms with Crippen molar-refractivity contribution >= 4 is 28.7 Å². The molecule has 2 aromatic carbocycles. The van der Waals surface area contributed by atoms with Crippen molar-refractivity contribution < 1.29 is 9.90 Å². The van der Waals surface area contributed by atoms with E-state index in [4.69, 9.17) is 0 Å². The third-order valence-electron chi connectivity index (χ3n) is 4.48. The molecule has 0 aromatic heterocycles. The number of hydrogen-bond acceptors (Lipinski definition) is 5. The van der Waals surface area contributed by atoms with Crippen molar-refractivity contribution in [1.29, 1.82) is 0 Å². The first kappa shape index (κ1) is 15.4. The molecule has 25 heavy (non-hydrogen) atoms. The Morgan fingerprint density at radius 1 is 1.12 bits per heavy atom. The number of nitrogens with one attached hydrogen (secondary N) is 1. The van der Waals surface area contributed by atoms with Gasteiger partial charge >= 0.3 is 5.91 Å². The molecule has 0 atom stereocenters. The molecular weight excluding hydrogens is 316 g/mol. The van der Waals surface area contributed by atoms with Crippen LogP contribution in [0.15, 0.2) is 52.7 Å². The van der Waals surface area contributed by atoms with Crippen molar-refractivity contribution in [1.82, 2.24) is 0 Å². The lowest BCUT2D eigenvalue weighted by Crippen LogP contribution is -2.28. The lowest BCUT2D eigenvalue weighted by molar-refractivity contribution is -0.112. The zero-order valence-electron chi connectivity index (χ0n) is 13.9. The van der Waals surface area contributed by atoms with Crippen molar-refractivity contribution in [2.75, 3.05) is 10.4 Å². The molecule has 4 rings (SSSR count). The van der Waals surface area contributed by atoms with Crippen LogP contribution in [0.5, 0.6) is 5.75 Å². The van der Waals surface area contributed by atoms with E-state index in [1.165, 1.54) is 16.1 Å². The molecule has 1 heterocycles. The van der Waals surface area contributed by atoms with Gasteiger partial charge in [-0.1, -0.05) is 6.07 Å². The fourth-order valence-electron chi connectivity index (χ4n) is 3.15. The lowest BCUT2D eigenvalue weighted by atomic mass is 10.1. The predicted molar refractivity (Wildman–Crippen MR) is 98.2 cm³/mol. The SMILES string of the molecule is CC1=NN(c2ccc3c(c2)CCC3)C(=O)/C1=N/Nc1ccc(O)cc1. The van der Waals surface area contributed by atoms with Gasteiger partial charge in [-0.25, -0.2) is 0 Å².